The Bertz CT molecular complexity index is 1930. The van der Waals surface area contributed by atoms with Gasteiger partial charge in [-0.2, -0.15) is 17.0 Å². The third-order valence-corrected chi connectivity index (χ3v) is 16.4. The van der Waals surface area contributed by atoms with Crippen LogP contribution in [0.5, 0.6) is 17.2 Å². The summed E-state index contributed by atoms with van der Waals surface area (Å²) in [5.74, 6) is -0.0489. The van der Waals surface area contributed by atoms with E-state index in [9.17, 15) is 29.4 Å². The minimum atomic E-state index is -0.746. The van der Waals surface area contributed by atoms with Crippen LogP contribution in [0.1, 0.15) is 147 Å². The summed E-state index contributed by atoms with van der Waals surface area (Å²) in [4.78, 5) is 48.3. The van der Waals surface area contributed by atoms with Crippen LogP contribution in [-0.4, -0.2) is 95.0 Å². The molecule has 0 aliphatic heterocycles. The average molecular weight is 1030 g/mol. The Morgan fingerprint density at radius 3 is 1.12 bits per heavy atom. The lowest BCUT2D eigenvalue weighted by atomic mass is 9.67. The van der Waals surface area contributed by atoms with Gasteiger partial charge in [0.1, 0.15) is 29.3 Å². The minimum Gasteiger partial charge on any atom is -0.497 e. The smallest absolute Gasteiger partial charge is 0.339 e. The number of hydrogen-bond donors (Lipinski definition) is 8. The van der Waals surface area contributed by atoms with Gasteiger partial charge in [0.15, 0.2) is 0 Å². The Balaban J connectivity index is 0.000000272. The topological polar surface area (TPSA) is 234 Å². The predicted molar refractivity (Wildman–Crippen MR) is 281 cm³/mol. The molecule has 3 atom stereocenters. The van der Waals surface area contributed by atoms with Gasteiger partial charge in [0, 0.05) is 31.3 Å². The number of carbonyl (C=O) groups is 4. The Morgan fingerprint density at radius 2 is 0.847 bits per heavy atom. The molecule has 16 nitrogen and oxygen atoms in total. The third kappa shape index (κ3) is 18.9. The highest BCUT2D eigenvalue weighted by Crippen LogP contribution is 2.44. The Kier molecular flexibility index (Phi) is 27.6. The molecule has 3 unspecified atom stereocenters. The first-order chi connectivity index (χ1) is 34.6. The van der Waals surface area contributed by atoms with E-state index in [1.165, 1.54) is 19.3 Å². The fourth-order valence-corrected chi connectivity index (χ4v) is 11.7. The highest BCUT2D eigenvalue weighted by Gasteiger charge is 2.44. The molecular weight excluding hydrogens is 941 g/mol. The van der Waals surface area contributed by atoms with E-state index in [0.717, 1.165) is 131 Å². The van der Waals surface area contributed by atoms with E-state index in [2.05, 4.69) is 34.7 Å². The minimum absolute atomic E-state index is 0.0719. The molecule has 0 spiro atoms. The molecular formula is C55H84N4O12S. The number of benzene rings is 3. The molecule has 72 heavy (non-hydrogen) atoms. The number of carboxylic acid groups (broad SMARTS) is 2. The van der Waals surface area contributed by atoms with Crippen molar-refractivity contribution in [3.8, 4) is 17.2 Å². The van der Waals surface area contributed by atoms with Gasteiger partial charge in [0.2, 0.25) is 0 Å². The number of hydrogen-bond acceptors (Lipinski definition) is 14. The first-order valence-electron chi connectivity index (χ1n) is 25.5. The van der Waals surface area contributed by atoms with E-state index < -0.39 is 30.0 Å². The maximum absolute atomic E-state index is 12.3. The second-order valence-corrected chi connectivity index (χ2v) is 20.3. The maximum Gasteiger partial charge on any atom is 0.339 e. The van der Waals surface area contributed by atoms with Crippen LogP contribution in [0.15, 0.2) is 72.8 Å². The summed E-state index contributed by atoms with van der Waals surface area (Å²) in [6.07, 6.45) is 20.4. The van der Waals surface area contributed by atoms with E-state index >= 15 is 0 Å². The molecule has 0 saturated heterocycles. The van der Waals surface area contributed by atoms with Crippen LogP contribution in [-0.2, 0) is 43.7 Å². The molecule has 1 amide bonds. The maximum atomic E-state index is 12.3. The lowest BCUT2D eigenvalue weighted by molar-refractivity contribution is -0.231. The van der Waals surface area contributed by atoms with Gasteiger partial charge in [-0.15, -0.1) is 0 Å². The molecule has 3 fully saturated rings. The van der Waals surface area contributed by atoms with Crippen molar-refractivity contribution < 1.29 is 59.0 Å². The summed E-state index contributed by atoms with van der Waals surface area (Å²) in [7, 11) is 4.92. The normalized spacial score (nSPS) is 17.7. The fourth-order valence-electron chi connectivity index (χ4n) is 10.6. The zero-order valence-corrected chi connectivity index (χ0v) is 44.6. The van der Waals surface area contributed by atoms with Crippen LogP contribution in [0.2, 0.25) is 0 Å². The number of thioether (sulfide) groups is 1. The summed E-state index contributed by atoms with van der Waals surface area (Å²) in [5, 5.41) is 45.8. The second-order valence-electron chi connectivity index (χ2n) is 19.1. The number of carbonyl (C=O) groups excluding carboxylic acids is 2. The Hall–Kier alpha value is -4.91. The molecule has 0 aromatic heterocycles. The molecule has 3 aromatic carbocycles. The van der Waals surface area contributed by atoms with Gasteiger partial charge in [-0.3, -0.25) is 30.2 Å². The van der Waals surface area contributed by atoms with Crippen molar-refractivity contribution in [3.63, 3.8) is 0 Å². The molecule has 0 bridgehead atoms. The van der Waals surface area contributed by atoms with Crippen LogP contribution in [0, 0.1) is 10.8 Å². The monoisotopic (exact) mass is 1020 g/mol. The van der Waals surface area contributed by atoms with Crippen molar-refractivity contribution in [1.29, 1.82) is 0 Å². The highest BCUT2D eigenvalue weighted by atomic mass is 32.2. The standard InChI is InChI=1S/C18H28N2O3.C18H27NO3.C17H25NO3S.C2H4O3/c1-3-18(11-5-4-6-12-18)16(17(21)20-22)19-13-14-7-9-15(23-2)10-8-14;1-3-18(11-5-4-6-12-18)16(17(20)21)19-13-14-7-9-15(22-2)10-8-14;1-21-14-8-6-13(7-9-14)12-18-15(16(19)20)17(22-2)10-4-3-5-11-17;1-2(3)5-4/h7-10,16,19,22H,3-6,11-13H2,1-2H3,(H,20,21);7-10,16,19H,3-6,11-13H2,1-2H3,(H,20,21);6-9,15,18H,3-5,10-12H2,1-2H3,(H,19,20);4H,1H3. The molecule has 8 N–H and O–H groups in total. The molecule has 0 radical (unpaired) electrons. The third-order valence-electron chi connectivity index (χ3n) is 15.0. The summed E-state index contributed by atoms with van der Waals surface area (Å²) >= 11 is 1.71. The zero-order valence-electron chi connectivity index (χ0n) is 43.8. The number of hydroxylamine groups is 1. The predicted octanol–water partition coefficient (Wildman–Crippen LogP) is 9.94. The number of methoxy groups -OCH3 is 3. The van der Waals surface area contributed by atoms with Crippen molar-refractivity contribution in [3.05, 3.63) is 89.5 Å². The summed E-state index contributed by atoms with van der Waals surface area (Å²) in [6.45, 7) is 7.09. The largest absolute Gasteiger partial charge is 0.497 e. The van der Waals surface area contributed by atoms with Gasteiger partial charge in [-0.25, -0.2) is 10.3 Å². The fraction of sp³-hybridized carbons (Fsp3) is 0.600. The number of nitrogens with one attached hydrogen (secondary N) is 4. The van der Waals surface area contributed by atoms with Crippen LogP contribution in [0.4, 0.5) is 0 Å². The van der Waals surface area contributed by atoms with Crippen molar-refractivity contribution in [2.45, 2.75) is 172 Å². The van der Waals surface area contributed by atoms with E-state index in [1.807, 2.05) is 84.5 Å². The van der Waals surface area contributed by atoms with Gasteiger partial charge in [0.05, 0.1) is 27.4 Å². The summed E-state index contributed by atoms with van der Waals surface area (Å²) < 4.78 is 15.3. The van der Waals surface area contributed by atoms with Gasteiger partial charge >= 0.3 is 17.9 Å². The number of amides is 1. The Labute approximate surface area is 432 Å². The van der Waals surface area contributed by atoms with E-state index in [-0.39, 0.29) is 27.5 Å². The number of aliphatic carboxylic acids is 2. The van der Waals surface area contributed by atoms with E-state index in [1.54, 1.807) is 33.1 Å². The number of carboxylic acids is 2. The van der Waals surface area contributed by atoms with Gasteiger partial charge < -0.3 is 34.6 Å². The lowest BCUT2D eigenvalue weighted by Crippen LogP contribution is -2.54. The van der Waals surface area contributed by atoms with Crippen molar-refractivity contribution >= 4 is 35.6 Å². The summed E-state index contributed by atoms with van der Waals surface area (Å²) in [5.41, 5.74) is 4.92. The molecule has 6 rings (SSSR count). The molecule has 3 aliphatic rings. The van der Waals surface area contributed by atoms with Gasteiger partial charge in [-0.05, 0) is 122 Å². The van der Waals surface area contributed by atoms with Gasteiger partial charge in [0.25, 0.3) is 5.91 Å². The Morgan fingerprint density at radius 1 is 0.542 bits per heavy atom. The molecule has 3 aliphatic carbocycles. The number of ether oxygens (including phenoxy) is 3. The van der Waals surface area contributed by atoms with Crippen molar-refractivity contribution in [2.75, 3.05) is 27.6 Å². The second kappa shape index (κ2) is 32.3. The van der Waals surface area contributed by atoms with E-state index in [4.69, 9.17) is 24.7 Å². The lowest BCUT2D eigenvalue weighted by Gasteiger charge is -2.42. The van der Waals surface area contributed by atoms with Crippen molar-refractivity contribution in [2.24, 2.45) is 10.8 Å². The van der Waals surface area contributed by atoms with E-state index in [0.29, 0.717) is 19.6 Å². The quantitative estimate of drug-likeness (QED) is 0.0282. The molecule has 402 valence electrons. The highest BCUT2D eigenvalue weighted by molar-refractivity contribution is 8.00. The number of rotatable bonds is 21. The van der Waals surface area contributed by atoms with Crippen LogP contribution >= 0.6 is 11.8 Å². The SMILES string of the molecule is CC(=O)OO.CCC1(C(NCc2ccc(OC)cc2)C(=O)NO)CCCCC1.CCC1(C(NCc2ccc(OC)cc2)C(=O)O)CCCCC1.COc1ccc(CNC(C(=O)O)C2(SC)CCCCC2)cc1. The zero-order chi connectivity index (χ0) is 53.0. The molecule has 3 saturated carbocycles. The van der Waals surface area contributed by atoms with Crippen LogP contribution < -0.4 is 35.6 Å². The van der Waals surface area contributed by atoms with Crippen molar-refractivity contribution in [1.82, 2.24) is 21.4 Å². The average Bonchev–Trinajstić information content (AvgIpc) is 3.42. The first kappa shape index (κ1) is 61.4. The first-order valence-corrected chi connectivity index (χ1v) is 26.7. The van der Waals surface area contributed by atoms with Crippen LogP contribution in [0.3, 0.4) is 0 Å². The molecule has 3 aromatic rings. The molecule has 17 heteroatoms. The summed E-state index contributed by atoms with van der Waals surface area (Å²) in [6, 6.07) is 21.9. The van der Waals surface area contributed by atoms with Crippen LogP contribution in [0.25, 0.3) is 0 Å². The molecule has 0 heterocycles. The van der Waals surface area contributed by atoms with Gasteiger partial charge in [-0.1, -0.05) is 108 Å².